The molecule has 2 aliphatic heterocycles. The lowest BCUT2D eigenvalue weighted by molar-refractivity contribution is 0.00462. The van der Waals surface area contributed by atoms with Crippen molar-refractivity contribution in [3.63, 3.8) is 0 Å². The van der Waals surface area contributed by atoms with E-state index < -0.39 is 12.2 Å². The van der Waals surface area contributed by atoms with Crippen molar-refractivity contribution in [2.45, 2.75) is 31.3 Å². The van der Waals surface area contributed by atoms with Crippen LogP contribution in [0.15, 0.2) is 66.9 Å². The van der Waals surface area contributed by atoms with Crippen LogP contribution >= 0.6 is 0 Å². The largest absolute Gasteiger partial charge is 0.441 e. The number of ether oxygens (including phenoxy) is 3. The van der Waals surface area contributed by atoms with Gasteiger partial charge < -0.3 is 24.8 Å². The SMILES string of the molecule is CCNC(=O)OC1COC2C(Nc3nccc(-c4ccc(-c5ccccc5)cc4)n3)COC12. The lowest BCUT2D eigenvalue weighted by Gasteiger charge is -2.18. The number of rotatable bonds is 6. The zero-order chi connectivity index (χ0) is 22.6. The summed E-state index contributed by atoms with van der Waals surface area (Å²) in [6.07, 6.45) is 0.310. The molecule has 0 aliphatic carbocycles. The first kappa shape index (κ1) is 21.4. The smallest absolute Gasteiger partial charge is 0.407 e. The van der Waals surface area contributed by atoms with E-state index in [0.29, 0.717) is 25.7 Å². The van der Waals surface area contributed by atoms with Crippen LogP contribution in [0, 0.1) is 0 Å². The Balaban J connectivity index is 1.25. The zero-order valence-electron chi connectivity index (χ0n) is 18.3. The molecule has 0 bridgehead atoms. The minimum absolute atomic E-state index is 0.131. The van der Waals surface area contributed by atoms with Crippen LogP contribution in [0.1, 0.15) is 6.92 Å². The van der Waals surface area contributed by atoms with Crippen molar-refractivity contribution in [2.75, 3.05) is 25.1 Å². The molecule has 8 nitrogen and oxygen atoms in total. The quantitative estimate of drug-likeness (QED) is 0.598. The molecule has 2 fully saturated rings. The summed E-state index contributed by atoms with van der Waals surface area (Å²) in [6.45, 7) is 3.07. The average Bonchev–Trinajstić information content (AvgIpc) is 3.43. The van der Waals surface area contributed by atoms with Crippen LogP contribution in [-0.2, 0) is 14.2 Å². The van der Waals surface area contributed by atoms with Crippen molar-refractivity contribution in [1.82, 2.24) is 15.3 Å². The van der Waals surface area contributed by atoms with E-state index in [9.17, 15) is 4.79 Å². The molecule has 0 spiro atoms. The van der Waals surface area contributed by atoms with Crippen LogP contribution in [0.2, 0.25) is 0 Å². The number of alkyl carbamates (subject to hydrolysis) is 1. The van der Waals surface area contributed by atoms with E-state index in [1.54, 1.807) is 6.20 Å². The number of nitrogens with zero attached hydrogens (tertiary/aromatic N) is 2. The maximum atomic E-state index is 11.8. The van der Waals surface area contributed by atoms with Crippen molar-refractivity contribution < 1.29 is 19.0 Å². The van der Waals surface area contributed by atoms with Crippen LogP contribution < -0.4 is 10.6 Å². The molecule has 0 radical (unpaired) electrons. The van der Waals surface area contributed by atoms with E-state index in [2.05, 4.69) is 57.0 Å². The molecule has 33 heavy (non-hydrogen) atoms. The Hall–Kier alpha value is -3.49. The summed E-state index contributed by atoms with van der Waals surface area (Å²) in [7, 11) is 0. The normalized spacial score (nSPS) is 23.7. The Kier molecular flexibility index (Phi) is 6.19. The summed E-state index contributed by atoms with van der Waals surface area (Å²) in [6, 6.07) is 20.3. The molecule has 1 aromatic heterocycles. The summed E-state index contributed by atoms with van der Waals surface area (Å²) in [5.41, 5.74) is 4.17. The number of hydrogen-bond donors (Lipinski definition) is 2. The third-order valence-corrected chi connectivity index (χ3v) is 5.85. The molecule has 4 atom stereocenters. The van der Waals surface area contributed by atoms with Gasteiger partial charge in [0, 0.05) is 18.3 Å². The third-order valence-electron chi connectivity index (χ3n) is 5.85. The van der Waals surface area contributed by atoms with Crippen molar-refractivity contribution in [2.24, 2.45) is 0 Å². The molecule has 1 amide bonds. The van der Waals surface area contributed by atoms with Crippen molar-refractivity contribution in [1.29, 1.82) is 0 Å². The van der Waals surface area contributed by atoms with Gasteiger partial charge in [0.25, 0.3) is 0 Å². The van der Waals surface area contributed by atoms with Gasteiger partial charge in [-0.2, -0.15) is 0 Å². The fourth-order valence-electron chi connectivity index (χ4n) is 4.23. The molecule has 2 N–H and O–H groups in total. The Labute approximate surface area is 192 Å². The highest BCUT2D eigenvalue weighted by atomic mass is 16.6. The first-order chi connectivity index (χ1) is 16.2. The minimum atomic E-state index is -0.457. The van der Waals surface area contributed by atoms with Gasteiger partial charge in [-0.15, -0.1) is 0 Å². The van der Waals surface area contributed by atoms with Gasteiger partial charge in [0.15, 0.2) is 6.10 Å². The molecular formula is C25H26N4O4. The van der Waals surface area contributed by atoms with E-state index >= 15 is 0 Å². The maximum absolute atomic E-state index is 11.8. The van der Waals surface area contributed by atoms with E-state index in [-0.39, 0.29) is 18.2 Å². The van der Waals surface area contributed by atoms with Gasteiger partial charge in [-0.3, -0.25) is 0 Å². The van der Waals surface area contributed by atoms with E-state index in [0.717, 1.165) is 16.8 Å². The molecule has 2 aromatic carbocycles. The zero-order valence-corrected chi connectivity index (χ0v) is 18.3. The van der Waals surface area contributed by atoms with Crippen LogP contribution in [0.4, 0.5) is 10.7 Å². The van der Waals surface area contributed by atoms with E-state index in [1.807, 2.05) is 31.2 Å². The van der Waals surface area contributed by atoms with Gasteiger partial charge >= 0.3 is 6.09 Å². The lowest BCUT2D eigenvalue weighted by atomic mass is 10.0. The number of fused-ring (bicyclic) bond motifs is 1. The summed E-state index contributed by atoms with van der Waals surface area (Å²) in [5, 5.41) is 5.96. The molecular weight excluding hydrogens is 420 g/mol. The third kappa shape index (κ3) is 4.67. The Bertz CT molecular complexity index is 1090. The monoisotopic (exact) mass is 446 g/mol. The first-order valence-electron chi connectivity index (χ1n) is 11.1. The van der Waals surface area contributed by atoms with Crippen LogP contribution in [0.3, 0.4) is 0 Å². The highest BCUT2D eigenvalue weighted by Crippen LogP contribution is 2.31. The minimum Gasteiger partial charge on any atom is -0.441 e. The Morgan fingerprint density at radius 1 is 0.970 bits per heavy atom. The topological polar surface area (TPSA) is 94.6 Å². The second-order valence-corrected chi connectivity index (χ2v) is 8.03. The molecule has 3 heterocycles. The lowest BCUT2D eigenvalue weighted by Crippen LogP contribution is -2.39. The fourth-order valence-corrected chi connectivity index (χ4v) is 4.23. The predicted molar refractivity (Wildman–Crippen MR) is 124 cm³/mol. The van der Waals surface area contributed by atoms with Crippen LogP contribution in [0.25, 0.3) is 22.4 Å². The number of anilines is 1. The number of carbonyl (C=O) groups excluding carboxylic acids is 1. The van der Waals surface area contributed by atoms with E-state index in [4.69, 9.17) is 14.2 Å². The van der Waals surface area contributed by atoms with Gasteiger partial charge in [0.1, 0.15) is 12.2 Å². The second-order valence-electron chi connectivity index (χ2n) is 8.03. The van der Waals surface area contributed by atoms with Gasteiger partial charge in [-0.05, 0) is 24.1 Å². The molecule has 2 aliphatic rings. The maximum Gasteiger partial charge on any atom is 0.407 e. The van der Waals surface area contributed by atoms with Crippen LogP contribution in [0.5, 0.6) is 0 Å². The summed E-state index contributed by atoms with van der Waals surface area (Å²) in [4.78, 5) is 20.8. The molecule has 8 heteroatoms. The fraction of sp³-hybridized carbons (Fsp3) is 0.320. The van der Waals surface area contributed by atoms with Crippen molar-refractivity contribution in [3.8, 4) is 22.4 Å². The van der Waals surface area contributed by atoms with Gasteiger partial charge in [0.05, 0.1) is 24.9 Å². The molecule has 170 valence electrons. The molecule has 3 aromatic rings. The van der Waals surface area contributed by atoms with E-state index in [1.165, 1.54) is 5.56 Å². The highest BCUT2D eigenvalue weighted by Gasteiger charge is 2.49. The van der Waals surface area contributed by atoms with Gasteiger partial charge in [-0.25, -0.2) is 14.8 Å². The van der Waals surface area contributed by atoms with Crippen molar-refractivity contribution in [3.05, 3.63) is 66.9 Å². The number of amides is 1. The van der Waals surface area contributed by atoms with Crippen molar-refractivity contribution >= 4 is 12.0 Å². The number of hydrogen-bond acceptors (Lipinski definition) is 7. The molecule has 5 rings (SSSR count). The molecule has 0 saturated carbocycles. The average molecular weight is 447 g/mol. The Morgan fingerprint density at radius 2 is 1.70 bits per heavy atom. The molecule has 2 saturated heterocycles. The number of benzene rings is 2. The number of nitrogens with one attached hydrogen (secondary N) is 2. The number of aromatic nitrogens is 2. The van der Waals surface area contributed by atoms with Gasteiger partial charge in [0.2, 0.25) is 5.95 Å². The second kappa shape index (κ2) is 9.56. The number of carbonyl (C=O) groups is 1. The molecule has 4 unspecified atom stereocenters. The standard InChI is InChI=1S/C25H26N4O4/c1-2-26-25(30)33-21-15-32-22-20(14-31-23(21)22)29-24-27-13-12-19(28-24)18-10-8-17(9-11-18)16-6-4-3-5-7-16/h3-13,20-23H,2,14-15H2,1H3,(H,26,30)(H,27,28,29). The summed E-state index contributed by atoms with van der Waals surface area (Å²) >= 11 is 0. The van der Waals surface area contributed by atoms with Gasteiger partial charge in [-0.1, -0.05) is 54.6 Å². The van der Waals surface area contributed by atoms with Crippen LogP contribution in [-0.4, -0.2) is 60.2 Å². The Morgan fingerprint density at radius 3 is 2.48 bits per heavy atom. The summed E-state index contributed by atoms with van der Waals surface area (Å²) < 4.78 is 17.2. The first-order valence-corrected chi connectivity index (χ1v) is 11.1. The predicted octanol–water partition coefficient (Wildman–Crippen LogP) is 3.50. The summed E-state index contributed by atoms with van der Waals surface area (Å²) in [5.74, 6) is 0.505. The highest BCUT2D eigenvalue weighted by molar-refractivity contribution is 5.69.